The SMILES string of the molecule is COc1ccc(/C=C2/SC(Nc3nc(-c4csc(NC5=NC(=O)/C(=C\c6ccc(OC)cc6)S5)n4)cs3)=NC2=O)cc1. The third-order valence-electron chi connectivity index (χ3n) is 5.77. The highest BCUT2D eigenvalue weighted by atomic mass is 32.2. The number of methoxy groups -OCH3 is 2. The van der Waals surface area contributed by atoms with Gasteiger partial charge in [-0.1, -0.05) is 24.3 Å². The lowest BCUT2D eigenvalue weighted by Gasteiger charge is -2.01. The van der Waals surface area contributed by atoms with Crippen LogP contribution in [0, 0.1) is 0 Å². The summed E-state index contributed by atoms with van der Waals surface area (Å²) in [5.74, 6) is 0.881. The van der Waals surface area contributed by atoms with E-state index in [0.29, 0.717) is 41.8 Å². The second-order valence-corrected chi connectivity index (χ2v) is 12.3. The Balaban J connectivity index is 1.06. The minimum atomic E-state index is -0.307. The van der Waals surface area contributed by atoms with Gasteiger partial charge in [0.15, 0.2) is 20.6 Å². The van der Waals surface area contributed by atoms with Crippen molar-refractivity contribution in [3.8, 4) is 22.9 Å². The van der Waals surface area contributed by atoms with Crippen molar-refractivity contribution in [3.05, 3.63) is 80.2 Å². The first-order valence-corrected chi connectivity index (χ1v) is 15.6. The van der Waals surface area contributed by atoms with Crippen molar-refractivity contribution in [1.82, 2.24) is 9.97 Å². The van der Waals surface area contributed by atoms with Gasteiger partial charge >= 0.3 is 0 Å². The summed E-state index contributed by atoms with van der Waals surface area (Å²) in [6.45, 7) is 0. The van der Waals surface area contributed by atoms with Gasteiger partial charge in [0.05, 0.1) is 24.0 Å². The summed E-state index contributed by atoms with van der Waals surface area (Å²) in [5, 5.41) is 12.1. The van der Waals surface area contributed by atoms with Crippen LogP contribution < -0.4 is 20.1 Å². The Morgan fingerprint density at radius 3 is 1.43 bits per heavy atom. The van der Waals surface area contributed by atoms with Gasteiger partial charge in [0, 0.05) is 10.8 Å². The zero-order chi connectivity index (χ0) is 29.1. The summed E-state index contributed by atoms with van der Waals surface area (Å²) < 4.78 is 10.4. The van der Waals surface area contributed by atoms with E-state index >= 15 is 0 Å². The van der Waals surface area contributed by atoms with E-state index in [4.69, 9.17) is 9.47 Å². The number of aliphatic imine (C=N–C) groups is 2. The number of anilines is 2. The number of thiazole rings is 2. The topological polar surface area (TPSA) is 127 Å². The number of thioether (sulfide) groups is 2. The molecule has 2 aromatic carbocycles. The summed E-state index contributed by atoms with van der Waals surface area (Å²) >= 11 is 5.28. The number of nitrogens with zero attached hydrogens (tertiary/aromatic N) is 4. The molecule has 0 bridgehead atoms. The number of rotatable bonds is 7. The van der Waals surface area contributed by atoms with Crippen molar-refractivity contribution in [2.24, 2.45) is 9.98 Å². The fraction of sp³-hybridized carbons (Fsp3) is 0.0714. The molecule has 4 heterocycles. The molecule has 0 saturated carbocycles. The minimum Gasteiger partial charge on any atom is -0.497 e. The molecule has 0 spiro atoms. The molecule has 0 radical (unpaired) electrons. The molecule has 0 saturated heterocycles. The predicted octanol–water partition coefficient (Wildman–Crippen LogP) is 6.45. The maximum atomic E-state index is 12.4. The lowest BCUT2D eigenvalue weighted by Crippen LogP contribution is -2.04. The molecule has 14 heteroatoms. The number of carbonyl (C=O) groups is 2. The Morgan fingerprint density at radius 2 is 1.05 bits per heavy atom. The Labute approximate surface area is 256 Å². The highest BCUT2D eigenvalue weighted by molar-refractivity contribution is 8.19. The fourth-order valence-electron chi connectivity index (χ4n) is 3.71. The van der Waals surface area contributed by atoms with E-state index in [1.807, 2.05) is 59.3 Å². The van der Waals surface area contributed by atoms with Gasteiger partial charge in [-0.3, -0.25) is 9.59 Å². The van der Waals surface area contributed by atoms with E-state index in [1.54, 1.807) is 26.4 Å². The van der Waals surface area contributed by atoms with Crippen LogP contribution in [0.5, 0.6) is 11.5 Å². The first-order chi connectivity index (χ1) is 20.4. The molecule has 4 aromatic rings. The number of amides is 2. The number of ether oxygens (including phenoxy) is 2. The number of aromatic nitrogens is 2. The third-order valence-corrected chi connectivity index (χ3v) is 9.08. The number of hydrogen-bond donors (Lipinski definition) is 2. The molecule has 6 rings (SSSR count). The molecule has 0 atom stereocenters. The molecule has 0 fully saturated rings. The molecule has 2 aliphatic heterocycles. The van der Waals surface area contributed by atoms with Crippen LogP contribution in [0.4, 0.5) is 10.3 Å². The van der Waals surface area contributed by atoms with Crippen molar-refractivity contribution < 1.29 is 19.1 Å². The number of hydrogen-bond acceptors (Lipinski definition) is 12. The first kappa shape index (κ1) is 27.9. The predicted molar refractivity (Wildman–Crippen MR) is 172 cm³/mol. The number of carbonyl (C=O) groups excluding carboxylic acids is 2. The standard InChI is InChI=1S/C28H20N6O4S4/c1-37-17-7-3-15(4-8-17)11-21-23(35)31-27(41-21)33-25-29-19(13-39-25)20-14-40-26(30-20)34-28-32-24(36)22(42-28)12-16-5-9-18(38-2)10-6-16/h3-14H,1-2H3,(H,29,31,33,35)(H,30,32,34,36)/b21-11+,22-12+. The Bertz CT molecular complexity index is 1660. The van der Waals surface area contributed by atoms with Crippen LogP contribution in [-0.4, -0.2) is 46.3 Å². The monoisotopic (exact) mass is 632 g/mol. The maximum Gasteiger partial charge on any atom is 0.286 e. The number of benzene rings is 2. The molecular formula is C28H20N6O4S4. The van der Waals surface area contributed by atoms with Crippen LogP contribution in [-0.2, 0) is 9.59 Å². The normalized spacial score (nSPS) is 16.6. The van der Waals surface area contributed by atoms with E-state index in [0.717, 1.165) is 22.6 Å². The molecule has 2 amide bonds. The van der Waals surface area contributed by atoms with Crippen LogP contribution in [0.1, 0.15) is 11.1 Å². The lowest BCUT2D eigenvalue weighted by molar-refractivity contribution is -0.114. The van der Waals surface area contributed by atoms with Crippen LogP contribution >= 0.6 is 46.2 Å². The first-order valence-electron chi connectivity index (χ1n) is 12.2. The van der Waals surface area contributed by atoms with Gasteiger partial charge in [0.1, 0.15) is 22.9 Å². The number of nitrogens with one attached hydrogen (secondary N) is 2. The van der Waals surface area contributed by atoms with Crippen molar-refractivity contribution in [1.29, 1.82) is 0 Å². The Morgan fingerprint density at radius 1 is 0.643 bits per heavy atom. The Hall–Kier alpha value is -4.24. The van der Waals surface area contributed by atoms with Gasteiger partial charge in [0.25, 0.3) is 11.8 Å². The van der Waals surface area contributed by atoms with Gasteiger partial charge in [-0.2, -0.15) is 9.98 Å². The second kappa shape index (κ2) is 12.3. The number of amidine groups is 2. The van der Waals surface area contributed by atoms with Crippen molar-refractivity contribution in [3.63, 3.8) is 0 Å². The molecule has 2 aromatic heterocycles. The molecule has 2 aliphatic rings. The molecule has 10 nitrogen and oxygen atoms in total. The highest BCUT2D eigenvalue weighted by Gasteiger charge is 2.24. The van der Waals surface area contributed by atoms with Crippen LogP contribution in [0.15, 0.2) is 79.1 Å². The van der Waals surface area contributed by atoms with Gasteiger partial charge in [-0.15, -0.1) is 22.7 Å². The Kier molecular flexibility index (Phi) is 8.19. The van der Waals surface area contributed by atoms with Gasteiger partial charge < -0.3 is 20.1 Å². The third kappa shape index (κ3) is 6.46. The summed E-state index contributed by atoms with van der Waals surface area (Å²) in [6, 6.07) is 14.9. The molecule has 0 unspecified atom stereocenters. The van der Waals surface area contributed by atoms with Gasteiger partial charge in [0.2, 0.25) is 0 Å². The van der Waals surface area contributed by atoms with E-state index in [9.17, 15) is 9.59 Å². The van der Waals surface area contributed by atoms with Crippen molar-refractivity contribution in [2.75, 3.05) is 24.9 Å². The fourth-order valence-corrected chi connectivity index (χ4v) is 6.87. The largest absolute Gasteiger partial charge is 0.497 e. The molecular weight excluding hydrogens is 613 g/mol. The summed E-state index contributed by atoms with van der Waals surface area (Å²) in [7, 11) is 3.22. The van der Waals surface area contributed by atoms with Crippen molar-refractivity contribution >= 4 is 90.8 Å². The van der Waals surface area contributed by atoms with Gasteiger partial charge in [-0.05, 0) is 71.1 Å². The summed E-state index contributed by atoms with van der Waals surface area (Å²) in [4.78, 5) is 43.3. The molecule has 210 valence electrons. The molecule has 0 aliphatic carbocycles. The zero-order valence-electron chi connectivity index (χ0n) is 22.0. The van der Waals surface area contributed by atoms with Crippen LogP contribution in [0.25, 0.3) is 23.5 Å². The van der Waals surface area contributed by atoms with E-state index < -0.39 is 0 Å². The van der Waals surface area contributed by atoms with Gasteiger partial charge in [-0.25, -0.2) is 9.97 Å². The van der Waals surface area contributed by atoms with Crippen LogP contribution in [0.3, 0.4) is 0 Å². The minimum absolute atomic E-state index is 0.307. The lowest BCUT2D eigenvalue weighted by atomic mass is 10.2. The highest BCUT2D eigenvalue weighted by Crippen LogP contribution is 2.34. The molecule has 2 N–H and O–H groups in total. The maximum absolute atomic E-state index is 12.4. The van der Waals surface area contributed by atoms with Crippen LogP contribution in [0.2, 0.25) is 0 Å². The summed E-state index contributed by atoms with van der Waals surface area (Å²) in [6.07, 6.45) is 3.58. The average Bonchev–Trinajstić information content (AvgIpc) is 3.79. The van der Waals surface area contributed by atoms with E-state index in [2.05, 4.69) is 30.6 Å². The average molecular weight is 633 g/mol. The molecule has 42 heavy (non-hydrogen) atoms. The zero-order valence-corrected chi connectivity index (χ0v) is 25.2. The summed E-state index contributed by atoms with van der Waals surface area (Å²) in [5.41, 5.74) is 3.10. The van der Waals surface area contributed by atoms with Crippen molar-refractivity contribution in [2.45, 2.75) is 0 Å². The van der Waals surface area contributed by atoms with E-state index in [1.165, 1.54) is 46.2 Å². The van der Waals surface area contributed by atoms with E-state index in [-0.39, 0.29) is 11.8 Å². The smallest absolute Gasteiger partial charge is 0.286 e. The second-order valence-electron chi connectivity index (χ2n) is 8.54. The quantitative estimate of drug-likeness (QED) is 0.220.